The standard InChI is InChI=1S/C24H18N.C17H10NO.Ir/c1-3-9-19(10-4-1)17-22-18-21(24-13-7-8-16-25-24)14-15-23(22)20-11-5-2-6-12-20;1-2-10-16-12(6-1)13-7-5-8-14(17(13)19-16)15-9-3-4-11-18-15;/h1-13,15-16,18H,17H2;1-7,9-11H;/q2*-1;/i17D2;;. The molecule has 0 atom stereocenters. The summed E-state index contributed by atoms with van der Waals surface area (Å²) in [6, 6.07) is 53.0. The second-order valence-electron chi connectivity index (χ2n) is 10.2. The number of nitrogens with zero attached hydrogens (tertiary/aromatic N) is 2. The van der Waals surface area contributed by atoms with Crippen LogP contribution in [0.25, 0.3) is 55.6 Å². The third kappa shape index (κ3) is 6.68. The van der Waals surface area contributed by atoms with Gasteiger partial charge in [-0.1, -0.05) is 125 Å². The minimum absolute atomic E-state index is 0. The van der Waals surface area contributed by atoms with Crippen LogP contribution in [-0.4, -0.2) is 9.97 Å². The SMILES string of the molecule is [2H]C([2H])(c1ccccc1)c1cc(-c2ccccn2)[c-]cc1-c1ccccc1.[Ir].[c-]1ccc2c(oc3ccccc32)c1-c1ccccn1. The molecule has 0 bridgehead atoms. The molecule has 8 rings (SSSR count). The van der Waals surface area contributed by atoms with Crippen molar-refractivity contribution in [2.24, 2.45) is 0 Å². The molecule has 0 unspecified atom stereocenters. The normalized spacial score (nSPS) is 11.6. The van der Waals surface area contributed by atoms with Gasteiger partial charge in [0.25, 0.3) is 0 Å². The molecule has 0 saturated heterocycles. The summed E-state index contributed by atoms with van der Waals surface area (Å²) < 4.78 is 23.7. The van der Waals surface area contributed by atoms with Crippen molar-refractivity contribution in [3.63, 3.8) is 0 Å². The van der Waals surface area contributed by atoms with Gasteiger partial charge in [-0.2, -0.15) is 0 Å². The molecule has 3 nitrogen and oxygen atoms in total. The van der Waals surface area contributed by atoms with Crippen molar-refractivity contribution in [3.8, 4) is 33.6 Å². The van der Waals surface area contributed by atoms with E-state index in [0.717, 1.165) is 55.6 Å². The van der Waals surface area contributed by atoms with Crippen LogP contribution >= 0.6 is 0 Å². The third-order valence-corrected chi connectivity index (χ3v) is 7.29. The van der Waals surface area contributed by atoms with Gasteiger partial charge in [-0.25, -0.2) is 0 Å². The molecule has 219 valence electrons. The summed E-state index contributed by atoms with van der Waals surface area (Å²) in [5, 5.41) is 2.23. The smallest absolute Gasteiger partial charge is 0.120 e. The van der Waals surface area contributed by atoms with Gasteiger partial charge < -0.3 is 14.4 Å². The van der Waals surface area contributed by atoms with E-state index >= 15 is 0 Å². The van der Waals surface area contributed by atoms with Crippen LogP contribution in [0.15, 0.2) is 162 Å². The minimum atomic E-state index is -1.65. The van der Waals surface area contributed by atoms with Crippen molar-refractivity contribution >= 4 is 21.9 Å². The first-order valence-electron chi connectivity index (χ1n) is 15.4. The Kier molecular flexibility index (Phi) is 8.58. The Morgan fingerprint density at radius 1 is 0.644 bits per heavy atom. The number of aromatic nitrogens is 2. The molecule has 8 aromatic rings. The molecule has 0 aliphatic rings. The summed E-state index contributed by atoms with van der Waals surface area (Å²) in [7, 11) is 0. The first kappa shape index (κ1) is 27.4. The first-order chi connectivity index (χ1) is 22.6. The van der Waals surface area contributed by atoms with Gasteiger partial charge in [0.15, 0.2) is 0 Å². The fraction of sp³-hybridized carbons (Fsp3) is 0.0244. The molecule has 45 heavy (non-hydrogen) atoms. The maximum absolute atomic E-state index is 8.89. The average molecular weight is 759 g/mol. The van der Waals surface area contributed by atoms with Crippen LogP contribution in [0.2, 0.25) is 0 Å². The number of benzene rings is 5. The maximum atomic E-state index is 8.89. The maximum Gasteiger partial charge on any atom is 0.120 e. The number of rotatable bonds is 5. The van der Waals surface area contributed by atoms with Gasteiger partial charge in [0.1, 0.15) is 5.58 Å². The average Bonchev–Trinajstić information content (AvgIpc) is 3.52. The number of hydrogen-bond acceptors (Lipinski definition) is 3. The molecule has 0 N–H and O–H groups in total. The van der Waals surface area contributed by atoms with Gasteiger partial charge >= 0.3 is 0 Å². The molecule has 0 aliphatic heterocycles. The van der Waals surface area contributed by atoms with E-state index in [2.05, 4.69) is 28.2 Å². The fourth-order valence-electron chi connectivity index (χ4n) is 5.19. The molecule has 0 spiro atoms. The topological polar surface area (TPSA) is 38.9 Å². The van der Waals surface area contributed by atoms with E-state index in [-0.39, 0.29) is 20.1 Å². The summed E-state index contributed by atoms with van der Waals surface area (Å²) in [4.78, 5) is 8.77. The molecular weight excluding hydrogens is 729 g/mol. The third-order valence-electron chi connectivity index (χ3n) is 7.29. The van der Waals surface area contributed by atoms with Crippen LogP contribution in [0.4, 0.5) is 0 Å². The molecule has 1 radical (unpaired) electrons. The van der Waals surface area contributed by atoms with Crippen molar-refractivity contribution in [2.75, 3.05) is 0 Å². The predicted octanol–water partition coefficient (Wildman–Crippen LogP) is 10.3. The summed E-state index contributed by atoms with van der Waals surface area (Å²) >= 11 is 0. The van der Waals surface area contributed by atoms with Crippen molar-refractivity contribution in [2.45, 2.75) is 6.37 Å². The van der Waals surface area contributed by atoms with Crippen LogP contribution in [0.1, 0.15) is 13.9 Å². The van der Waals surface area contributed by atoms with Gasteiger partial charge in [-0.05, 0) is 41.5 Å². The quantitative estimate of drug-likeness (QED) is 0.164. The second-order valence-corrected chi connectivity index (χ2v) is 10.2. The largest absolute Gasteiger partial charge is 0.501 e. The van der Waals surface area contributed by atoms with E-state index in [1.807, 2.05) is 140 Å². The summed E-state index contributed by atoms with van der Waals surface area (Å²) in [6.45, 7) is 0. The molecule has 0 fully saturated rings. The molecule has 3 aromatic heterocycles. The number of furan rings is 1. The van der Waals surface area contributed by atoms with E-state index in [1.54, 1.807) is 12.4 Å². The molecular formula is C41H28IrN2O-2. The molecule has 0 amide bonds. The van der Waals surface area contributed by atoms with Crippen molar-refractivity contribution in [3.05, 3.63) is 181 Å². The molecule has 0 aliphatic carbocycles. The van der Waals surface area contributed by atoms with E-state index in [0.29, 0.717) is 11.1 Å². The zero-order valence-electron chi connectivity index (χ0n) is 26.1. The van der Waals surface area contributed by atoms with Crippen molar-refractivity contribution in [1.82, 2.24) is 9.97 Å². The molecule has 5 aromatic carbocycles. The Hall–Kier alpha value is -5.15. The first-order valence-corrected chi connectivity index (χ1v) is 14.4. The van der Waals surface area contributed by atoms with Crippen LogP contribution in [0.3, 0.4) is 0 Å². The Morgan fingerprint density at radius 2 is 1.31 bits per heavy atom. The number of fused-ring (bicyclic) bond motifs is 3. The Balaban J connectivity index is 0.000000170. The second kappa shape index (κ2) is 14.1. The number of hydrogen-bond donors (Lipinski definition) is 0. The molecule has 3 heterocycles. The van der Waals surface area contributed by atoms with Crippen LogP contribution in [0.5, 0.6) is 0 Å². The van der Waals surface area contributed by atoms with Gasteiger partial charge in [0.2, 0.25) is 0 Å². The Labute approximate surface area is 279 Å². The monoisotopic (exact) mass is 759 g/mol. The van der Waals surface area contributed by atoms with E-state index in [4.69, 9.17) is 7.16 Å². The zero-order chi connectivity index (χ0) is 31.3. The number of pyridine rings is 2. The van der Waals surface area contributed by atoms with E-state index < -0.39 is 6.37 Å². The predicted molar refractivity (Wildman–Crippen MR) is 179 cm³/mol. The van der Waals surface area contributed by atoms with Crippen LogP contribution in [0, 0.1) is 12.1 Å². The summed E-state index contributed by atoms with van der Waals surface area (Å²) in [5.41, 5.74) is 8.14. The van der Waals surface area contributed by atoms with Gasteiger partial charge in [-0.3, -0.25) is 0 Å². The van der Waals surface area contributed by atoms with E-state index in [1.165, 1.54) is 0 Å². The zero-order valence-corrected chi connectivity index (χ0v) is 26.5. The van der Waals surface area contributed by atoms with Gasteiger partial charge in [-0.15, -0.1) is 47.5 Å². The van der Waals surface area contributed by atoms with Crippen molar-refractivity contribution in [1.29, 1.82) is 0 Å². The van der Waals surface area contributed by atoms with Crippen LogP contribution < -0.4 is 0 Å². The van der Waals surface area contributed by atoms with Crippen molar-refractivity contribution < 1.29 is 27.3 Å². The fourth-order valence-corrected chi connectivity index (χ4v) is 5.19. The van der Waals surface area contributed by atoms with E-state index in [9.17, 15) is 0 Å². The Morgan fingerprint density at radius 3 is 2.04 bits per heavy atom. The number of para-hydroxylation sites is 1. The van der Waals surface area contributed by atoms with Gasteiger partial charge in [0, 0.05) is 40.6 Å². The minimum Gasteiger partial charge on any atom is -0.501 e. The Bertz CT molecular complexity index is 2220. The van der Waals surface area contributed by atoms with Gasteiger partial charge in [0.05, 0.1) is 5.58 Å². The molecule has 0 saturated carbocycles. The van der Waals surface area contributed by atoms with Crippen LogP contribution in [-0.2, 0) is 26.5 Å². The molecule has 4 heteroatoms. The summed E-state index contributed by atoms with van der Waals surface area (Å²) in [5.74, 6) is 0. The summed E-state index contributed by atoms with van der Waals surface area (Å²) in [6.07, 6.45) is 1.87.